The molecule has 0 radical (unpaired) electrons. The van der Waals surface area contributed by atoms with Crippen LogP contribution in [-0.4, -0.2) is 25.3 Å². The van der Waals surface area contributed by atoms with Crippen LogP contribution in [0, 0.1) is 0 Å². The highest BCUT2D eigenvalue weighted by atomic mass is 16.5. The van der Waals surface area contributed by atoms with Crippen molar-refractivity contribution in [2.24, 2.45) is 0 Å². The topological polar surface area (TPSA) is 55.8 Å². The molecule has 4 heteroatoms. The number of hydrogen-bond donors (Lipinski definition) is 1. The molecule has 25 heavy (non-hydrogen) atoms. The molecule has 0 saturated heterocycles. The molecule has 0 amide bonds. The van der Waals surface area contributed by atoms with E-state index in [1.807, 2.05) is 18.2 Å². The zero-order valence-corrected chi connectivity index (χ0v) is 15.9. The van der Waals surface area contributed by atoms with Crippen molar-refractivity contribution in [1.29, 1.82) is 0 Å². The summed E-state index contributed by atoms with van der Waals surface area (Å²) in [4.78, 5) is 12.6. The Kier molecular flexibility index (Phi) is 6.65. The maximum absolute atomic E-state index is 12.6. The summed E-state index contributed by atoms with van der Waals surface area (Å²) in [6.07, 6.45) is 6.24. The summed E-state index contributed by atoms with van der Waals surface area (Å²) < 4.78 is 10.4. The van der Waals surface area contributed by atoms with Crippen molar-refractivity contribution >= 4 is 11.5 Å². The molecule has 1 aromatic rings. The molecule has 4 nitrogen and oxygen atoms in total. The number of methoxy groups -OCH3 is 2. The molecule has 1 aliphatic rings. The quantitative estimate of drug-likeness (QED) is 0.525. The molecule has 0 bridgehead atoms. The average molecular weight is 346 g/mol. The van der Waals surface area contributed by atoms with Crippen molar-refractivity contribution in [2.75, 3.05) is 14.2 Å². The minimum atomic E-state index is -1.27. The van der Waals surface area contributed by atoms with Crippen LogP contribution in [0.2, 0.25) is 0 Å². The Morgan fingerprint density at radius 3 is 2.44 bits per heavy atom. The monoisotopic (exact) mass is 346 g/mol. The smallest absolute Gasteiger partial charge is 0.337 e. The van der Waals surface area contributed by atoms with Gasteiger partial charge in [0.2, 0.25) is 0 Å². The molecular formula is C21H30O4. The summed E-state index contributed by atoms with van der Waals surface area (Å²) in [6.45, 7) is 4.23. The van der Waals surface area contributed by atoms with Gasteiger partial charge in [-0.2, -0.15) is 0 Å². The largest absolute Gasteiger partial charge is 0.497 e. The standard InChI is InChI=1S/C21H30O4/c1-5-7-9-10-16-17-14-15(24-3)11-12-18(17)21(23,13-8-6-2)19(16)20(22)25-4/h11-12,14,23H,5-10,13H2,1-4H3. The van der Waals surface area contributed by atoms with E-state index in [2.05, 4.69) is 13.8 Å². The van der Waals surface area contributed by atoms with E-state index < -0.39 is 11.6 Å². The first-order valence-corrected chi connectivity index (χ1v) is 9.26. The van der Waals surface area contributed by atoms with E-state index in [1.54, 1.807) is 7.11 Å². The number of carbonyl (C=O) groups excluding carboxylic acids is 1. The van der Waals surface area contributed by atoms with Gasteiger partial charge in [-0.3, -0.25) is 0 Å². The van der Waals surface area contributed by atoms with Gasteiger partial charge in [0.05, 0.1) is 19.8 Å². The van der Waals surface area contributed by atoms with E-state index >= 15 is 0 Å². The second-order valence-electron chi connectivity index (χ2n) is 6.68. The summed E-state index contributed by atoms with van der Waals surface area (Å²) in [7, 11) is 3.00. The van der Waals surface area contributed by atoms with Crippen LogP contribution in [-0.2, 0) is 15.1 Å². The van der Waals surface area contributed by atoms with Crippen LogP contribution in [0.4, 0.5) is 0 Å². The predicted molar refractivity (Wildman–Crippen MR) is 99.5 cm³/mol. The molecule has 0 fully saturated rings. The molecule has 0 heterocycles. The Labute approximate surface area is 150 Å². The first kappa shape index (κ1) is 19.5. The van der Waals surface area contributed by atoms with Gasteiger partial charge >= 0.3 is 5.97 Å². The van der Waals surface area contributed by atoms with Crippen LogP contribution in [0.15, 0.2) is 23.8 Å². The van der Waals surface area contributed by atoms with Crippen LogP contribution >= 0.6 is 0 Å². The number of fused-ring (bicyclic) bond motifs is 1. The highest BCUT2D eigenvalue weighted by Crippen LogP contribution is 2.50. The number of ether oxygens (including phenoxy) is 2. The van der Waals surface area contributed by atoms with Crippen LogP contribution in [0.3, 0.4) is 0 Å². The average Bonchev–Trinajstić information content (AvgIpc) is 2.88. The summed E-state index contributed by atoms with van der Waals surface area (Å²) in [5.74, 6) is 0.302. The van der Waals surface area contributed by atoms with Crippen molar-refractivity contribution in [3.05, 3.63) is 34.9 Å². The zero-order chi connectivity index (χ0) is 18.4. The Hall–Kier alpha value is -1.81. The van der Waals surface area contributed by atoms with Gasteiger partial charge in [-0.15, -0.1) is 0 Å². The molecule has 0 aliphatic heterocycles. The first-order valence-electron chi connectivity index (χ1n) is 9.26. The van der Waals surface area contributed by atoms with Gasteiger partial charge in [0.15, 0.2) is 0 Å². The number of aliphatic hydroxyl groups is 1. The summed E-state index contributed by atoms with van der Waals surface area (Å²) in [5.41, 5.74) is 1.78. The molecule has 1 aromatic carbocycles. The number of hydrogen-bond acceptors (Lipinski definition) is 4. The number of allylic oxidation sites excluding steroid dienone is 1. The van der Waals surface area contributed by atoms with Crippen LogP contribution < -0.4 is 4.74 Å². The van der Waals surface area contributed by atoms with Gasteiger partial charge in [0, 0.05) is 0 Å². The van der Waals surface area contributed by atoms with Crippen LogP contribution in [0.25, 0.3) is 5.57 Å². The summed E-state index contributed by atoms with van der Waals surface area (Å²) >= 11 is 0. The van der Waals surface area contributed by atoms with Crippen molar-refractivity contribution < 1.29 is 19.4 Å². The third kappa shape index (κ3) is 3.74. The third-order valence-electron chi connectivity index (χ3n) is 5.02. The van der Waals surface area contributed by atoms with Gasteiger partial charge in [0.25, 0.3) is 0 Å². The minimum Gasteiger partial charge on any atom is -0.497 e. The highest BCUT2D eigenvalue weighted by Gasteiger charge is 2.46. The molecule has 0 aromatic heterocycles. The molecule has 1 unspecified atom stereocenters. The van der Waals surface area contributed by atoms with Gasteiger partial charge in [-0.1, -0.05) is 45.6 Å². The Morgan fingerprint density at radius 1 is 1.12 bits per heavy atom. The van der Waals surface area contributed by atoms with Crippen molar-refractivity contribution in [3.63, 3.8) is 0 Å². The second kappa shape index (κ2) is 8.52. The Bertz CT molecular complexity index is 647. The summed E-state index contributed by atoms with van der Waals surface area (Å²) in [5, 5.41) is 11.5. The lowest BCUT2D eigenvalue weighted by Crippen LogP contribution is -2.30. The maximum Gasteiger partial charge on any atom is 0.337 e. The fraction of sp³-hybridized carbons (Fsp3) is 0.571. The normalized spacial score (nSPS) is 19.1. The van der Waals surface area contributed by atoms with E-state index in [-0.39, 0.29) is 0 Å². The van der Waals surface area contributed by atoms with E-state index in [0.717, 1.165) is 61.0 Å². The predicted octanol–water partition coefficient (Wildman–Crippen LogP) is 4.59. The Balaban J connectivity index is 2.59. The third-order valence-corrected chi connectivity index (χ3v) is 5.02. The molecule has 1 N–H and O–H groups in total. The fourth-order valence-corrected chi connectivity index (χ4v) is 3.68. The van der Waals surface area contributed by atoms with Gasteiger partial charge in [-0.25, -0.2) is 4.79 Å². The molecule has 1 aliphatic carbocycles. The lowest BCUT2D eigenvalue weighted by atomic mass is 9.85. The number of carbonyl (C=O) groups is 1. The molecule has 1 atom stereocenters. The lowest BCUT2D eigenvalue weighted by molar-refractivity contribution is -0.138. The summed E-state index contributed by atoms with van der Waals surface area (Å²) in [6, 6.07) is 5.67. The van der Waals surface area contributed by atoms with Crippen molar-refractivity contribution in [3.8, 4) is 5.75 Å². The highest BCUT2D eigenvalue weighted by molar-refractivity contribution is 6.03. The van der Waals surface area contributed by atoms with E-state index in [0.29, 0.717) is 12.0 Å². The lowest BCUT2D eigenvalue weighted by Gasteiger charge is -2.27. The van der Waals surface area contributed by atoms with Gasteiger partial charge < -0.3 is 14.6 Å². The molecule has 2 rings (SSSR count). The van der Waals surface area contributed by atoms with Gasteiger partial charge in [-0.05, 0) is 48.1 Å². The van der Waals surface area contributed by atoms with Crippen molar-refractivity contribution in [2.45, 2.75) is 64.4 Å². The fourth-order valence-electron chi connectivity index (χ4n) is 3.68. The number of rotatable bonds is 9. The second-order valence-corrected chi connectivity index (χ2v) is 6.68. The van der Waals surface area contributed by atoms with E-state index in [9.17, 15) is 9.90 Å². The molecule has 138 valence electrons. The van der Waals surface area contributed by atoms with Crippen molar-refractivity contribution in [1.82, 2.24) is 0 Å². The van der Waals surface area contributed by atoms with Crippen LogP contribution in [0.1, 0.15) is 69.9 Å². The molecule has 0 spiro atoms. The van der Waals surface area contributed by atoms with E-state index in [4.69, 9.17) is 9.47 Å². The van der Waals surface area contributed by atoms with Crippen LogP contribution in [0.5, 0.6) is 5.75 Å². The minimum absolute atomic E-state index is 0.419. The Morgan fingerprint density at radius 2 is 1.84 bits per heavy atom. The number of esters is 1. The molecule has 0 saturated carbocycles. The maximum atomic E-state index is 12.6. The number of unbranched alkanes of at least 4 members (excludes halogenated alkanes) is 3. The van der Waals surface area contributed by atoms with Gasteiger partial charge in [0.1, 0.15) is 11.4 Å². The van der Waals surface area contributed by atoms with E-state index in [1.165, 1.54) is 7.11 Å². The molecular weight excluding hydrogens is 316 g/mol. The zero-order valence-electron chi connectivity index (χ0n) is 15.9. The first-order chi connectivity index (χ1) is 12.0. The number of benzene rings is 1. The SMILES string of the molecule is CCCCCC1=C(C(=O)OC)C(O)(CCCC)c2ccc(OC)cc21.